The summed E-state index contributed by atoms with van der Waals surface area (Å²) in [5, 5.41) is 7.94. The number of aromatic nitrogens is 2. The molecule has 5 heteroatoms. The molecule has 0 saturated heterocycles. The Hall–Kier alpha value is -1.16. The van der Waals surface area contributed by atoms with Crippen LogP contribution in [0.4, 0.5) is 0 Å². The second kappa shape index (κ2) is 4.84. The van der Waals surface area contributed by atoms with Crippen LogP contribution in [0, 0.1) is 11.8 Å². The third-order valence-corrected chi connectivity index (χ3v) is 3.69. The maximum atomic E-state index is 12.4. The van der Waals surface area contributed by atoms with Gasteiger partial charge in [-0.2, -0.15) is 0 Å². The van der Waals surface area contributed by atoms with Crippen molar-refractivity contribution >= 4 is 17.5 Å². The second-order valence-electron chi connectivity index (χ2n) is 5.34. The van der Waals surface area contributed by atoms with Gasteiger partial charge in [0, 0.05) is 13.1 Å². The van der Waals surface area contributed by atoms with Gasteiger partial charge in [-0.05, 0) is 49.7 Å². The third kappa shape index (κ3) is 2.99. The van der Waals surface area contributed by atoms with Crippen LogP contribution in [-0.4, -0.2) is 34.1 Å². The van der Waals surface area contributed by atoms with Crippen molar-refractivity contribution in [1.29, 1.82) is 0 Å². The van der Waals surface area contributed by atoms with Crippen molar-refractivity contribution < 1.29 is 4.79 Å². The summed E-state index contributed by atoms with van der Waals surface area (Å²) in [6.45, 7) is 1.75. The molecule has 0 aromatic carbocycles. The highest BCUT2D eigenvalue weighted by Crippen LogP contribution is 2.34. The maximum Gasteiger partial charge on any atom is 0.274 e. The number of nitrogens with zero attached hydrogens (tertiary/aromatic N) is 3. The van der Waals surface area contributed by atoms with Crippen molar-refractivity contribution in [2.24, 2.45) is 11.8 Å². The van der Waals surface area contributed by atoms with E-state index in [4.69, 9.17) is 11.6 Å². The first-order valence-electron chi connectivity index (χ1n) is 6.51. The molecule has 3 rings (SSSR count). The van der Waals surface area contributed by atoms with Gasteiger partial charge >= 0.3 is 0 Å². The number of carbonyl (C=O) groups excluding carboxylic acids is 1. The molecule has 96 valence electrons. The van der Waals surface area contributed by atoms with Gasteiger partial charge in [0.05, 0.1) is 0 Å². The van der Waals surface area contributed by atoms with Crippen LogP contribution in [0.2, 0.25) is 5.15 Å². The van der Waals surface area contributed by atoms with Gasteiger partial charge in [0.1, 0.15) is 0 Å². The maximum absolute atomic E-state index is 12.4. The first-order chi connectivity index (χ1) is 8.72. The first-order valence-corrected chi connectivity index (χ1v) is 6.88. The van der Waals surface area contributed by atoms with E-state index in [0.29, 0.717) is 22.7 Å². The van der Waals surface area contributed by atoms with Gasteiger partial charge in [0.25, 0.3) is 5.91 Å². The van der Waals surface area contributed by atoms with E-state index in [1.54, 1.807) is 12.1 Å². The molecule has 1 amide bonds. The average Bonchev–Trinajstić information content (AvgIpc) is 3.23. The summed E-state index contributed by atoms with van der Waals surface area (Å²) in [5.74, 6) is 1.40. The van der Waals surface area contributed by atoms with E-state index in [9.17, 15) is 4.79 Å². The van der Waals surface area contributed by atoms with Crippen molar-refractivity contribution in [2.75, 3.05) is 13.1 Å². The largest absolute Gasteiger partial charge is 0.337 e. The van der Waals surface area contributed by atoms with E-state index in [2.05, 4.69) is 10.2 Å². The molecule has 18 heavy (non-hydrogen) atoms. The predicted molar refractivity (Wildman–Crippen MR) is 68.4 cm³/mol. The van der Waals surface area contributed by atoms with E-state index >= 15 is 0 Å². The highest BCUT2D eigenvalue weighted by atomic mass is 35.5. The lowest BCUT2D eigenvalue weighted by Gasteiger charge is -2.21. The molecule has 0 unspecified atom stereocenters. The first kappa shape index (κ1) is 11.9. The third-order valence-electron chi connectivity index (χ3n) is 3.49. The zero-order valence-electron chi connectivity index (χ0n) is 10.2. The molecule has 0 aliphatic heterocycles. The lowest BCUT2D eigenvalue weighted by atomic mass is 10.2. The normalized spacial score (nSPS) is 18.7. The van der Waals surface area contributed by atoms with E-state index in [1.807, 2.05) is 4.90 Å². The second-order valence-corrected chi connectivity index (χ2v) is 5.73. The highest BCUT2D eigenvalue weighted by molar-refractivity contribution is 6.29. The molecule has 0 N–H and O–H groups in total. The minimum atomic E-state index is -0.00188. The van der Waals surface area contributed by atoms with Gasteiger partial charge in [0.15, 0.2) is 10.8 Å². The Balaban J connectivity index is 1.70. The van der Waals surface area contributed by atoms with E-state index in [1.165, 1.54) is 25.7 Å². The SMILES string of the molecule is O=C(c1ccc(Cl)nn1)N(CC1CC1)CC1CC1. The Morgan fingerprint density at radius 3 is 2.22 bits per heavy atom. The Labute approximate surface area is 111 Å². The zero-order valence-corrected chi connectivity index (χ0v) is 10.9. The molecule has 0 radical (unpaired) electrons. The van der Waals surface area contributed by atoms with Crippen molar-refractivity contribution in [2.45, 2.75) is 25.7 Å². The number of hydrogen-bond donors (Lipinski definition) is 0. The smallest absolute Gasteiger partial charge is 0.274 e. The van der Waals surface area contributed by atoms with Crippen LogP contribution in [0.15, 0.2) is 12.1 Å². The molecular formula is C13H16ClN3O. The molecule has 2 fully saturated rings. The Morgan fingerprint density at radius 1 is 1.17 bits per heavy atom. The molecular weight excluding hydrogens is 250 g/mol. The molecule has 1 heterocycles. The monoisotopic (exact) mass is 265 g/mol. The Kier molecular flexibility index (Phi) is 3.20. The predicted octanol–water partition coefficient (Wildman–Crippen LogP) is 2.39. The van der Waals surface area contributed by atoms with E-state index < -0.39 is 0 Å². The molecule has 2 saturated carbocycles. The molecule has 4 nitrogen and oxygen atoms in total. The number of hydrogen-bond acceptors (Lipinski definition) is 3. The molecule has 0 spiro atoms. The molecule has 2 aliphatic rings. The Bertz CT molecular complexity index is 426. The van der Waals surface area contributed by atoms with Gasteiger partial charge in [-0.1, -0.05) is 11.6 Å². The number of rotatable bonds is 5. The summed E-state index contributed by atoms with van der Waals surface area (Å²) < 4.78 is 0. The van der Waals surface area contributed by atoms with Crippen LogP contribution in [-0.2, 0) is 0 Å². The van der Waals surface area contributed by atoms with E-state index in [-0.39, 0.29) is 5.91 Å². The lowest BCUT2D eigenvalue weighted by Crippen LogP contribution is -2.35. The molecule has 1 aromatic heterocycles. The fourth-order valence-corrected chi connectivity index (χ4v) is 2.16. The Morgan fingerprint density at radius 2 is 1.78 bits per heavy atom. The minimum Gasteiger partial charge on any atom is -0.337 e. The summed E-state index contributed by atoms with van der Waals surface area (Å²) in [7, 11) is 0. The quantitative estimate of drug-likeness (QED) is 0.821. The van der Waals surface area contributed by atoms with Crippen molar-refractivity contribution in [1.82, 2.24) is 15.1 Å². The summed E-state index contributed by atoms with van der Waals surface area (Å²) >= 11 is 5.69. The van der Waals surface area contributed by atoms with Gasteiger partial charge in [0.2, 0.25) is 0 Å². The van der Waals surface area contributed by atoms with Gasteiger partial charge in [-0.3, -0.25) is 4.79 Å². The molecule has 0 atom stereocenters. The molecule has 1 aromatic rings. The highest BCUT2D eigenvalue weighted by Gasteiger charge is 2.32. The van der Waals surface area contributed by atoms with Crippen LogP contribution in [0.1, 0.15) is 36.2 Å². The summed E-state index contributed by atoms with van der Waals surface area (Å²) in [5.41, 5.74) is 0.403. The molecule has 2 aliphatic carbocycles. The van der Waals surface area contributed by atoms with Crippen molar-refractivity contribution in [3.63, 3.8) is 0 Å². The fraction of sp³-hybridized carbons (Fsp3) is 0.615. The van der Waals surface area contributed by atoms with Crippen LogP contribution in [0.5, 0.6) is 0 Å². The van der Waals surface area contributed by atoms with Crippen LogP contribution in [0.3, 0.4) is 0 Å². The lowest BCUT2D eigenvalue weighted by molar-refractivity contribution is 0.0732. The average molecular weight is 266 g/mol. The summed E-state index contributed by atoms with van der Waals surface area (Å²) in [6, 6.07) is 3.28. The van der Waals surface area contributed by atoms with Crippen LogP contribution >= 0.6 is 11.6 Å². The number of halogens is 1. The molecule has 0 bridgehead atoms. The van der Waals surface area contributed by atoms with Crippen molar-refractivity contribution in [3.8, 4) is 0 Å². The summed E-state index contributed by atoms with van der Waals surface area (Å²) in [6.07, 6.45) is 5.00. The van der Waals surface area contributed by atoms with E-state index in [0.717, 1.165) is 13.1 Å². The minimum absolute atomic E-state index is 0.00188. The van der Waals surface area contributed by atoms with Gasteiger partial charge in [-0.15, -0.1) is 10.2 Å². The van der Waals surface area contributed by atoms with Gasteiger partial charge < -0.3 is 4.90 Å². The van der Waals surface area contributed by atoms with Crippen LogP contribution in [0.25, 0.3) is 0 Å². The number of amides is 1. The summed E-state index contributed by atoms with van der Waals surface area (Å²) in [4.78, 5) is 14.3. The standard InChI is InChI=1S/C13H16ClN3O/c14-12-6-5-11(15-16-12)13(18)17(7-9-1-2-9)8-10-3-4-10/h5-6,9-10H,1-4,7-8H2. The zero-order chi connectivity index (χ0) is 12.5. The van der Waals surface area contributed by atoms with Crippen LogP contribution < -0.4 is 0 Å². The van der Waals surface area contributed by atoms with Gasteiger partial charge in [-0.25, -0.2) is 0 Å². The fourth-order valence-electron chi connectivity index (χ4n) is 2.06. The van der Waals surface area contributed by atoms with Crippen molar-refractivity contribution in [3.05, 3.63) is 23.0 Å². The topological polar surface area (TPSA) is 46.1 Å². The number of carbonyl (C=O) groups is 1.